The largest absolute Gasteiger partial charge is 0.492 e. The Morgan fingerprint density at radius 3 is 2.68 bits per heavy atom. The first kappa shape index (κ1) is 23.8. The van der Waals surface area contributed by atoms with Crippen molar-refractivity contribution in [3.05, 3.63) is 59.8 Å². The van der Waals surface area contributed by atoms with Crippen molar-refractivity contribution in [3.63, 3.8) is 0 Å². The van der Waals surface area contributed by atoms with E-state index in [1.54, 1.807) is 0 Å². The van der Waals surface area contributed by atoms with Crippen LogP contribution in [-0.4, -0.2) is 66.6 Å². The van der Waals surface area contributed by atoms with Gasteiger partial charge in [-0.1, -0.05) is 12.1 Å². The van der Waals surface area contributed by atoms with E-state index in [2.05, 4.69) is 15.3 Å². The number of carbonyl (C=O) groups is 1. The van der Waals surface area contributed by atoms with Gasteiger partial charge < -0.3 is 19.5 Å². The zero-order valence-corrected chi connectivity index (χ0v) is 20.0. The normalized spacial score (nSPS) is 14.1. The summed E-state index contributed by atoms with van der Waals surface area (Å²) in [5, 5.41) is 7.31. The first-order chi connectivity index (χ1) is 16.5. The minimum Gasteiger partial charge on any atom is -0.492 e. The maximum Gasteiger partial charge on any atom is 0.262 e. The molecule has 0 spiro atoms. The van der Waals surface area contributed by atoms with Crippen molar-refractivity contribution < 1.29 is 19.0 Å². The van der Waals surface area contributed by atoms with Gasteiger partial charge in [-0.2, -0.15) is 5.10 Å². The molecule has 0 bridgehead atoms. The number of rotatable bonds is 9. The van der Waals surface area contributed by atoms with Gasteiger partial charge in [0.1, 0.15) is 18.1 Å². The molecule has 1 aliphatic heterocycles. The number of nitrogens with zero attached hydrogens (tertiary/aromatic N) is 3. The highest BCUT2D eigenvalue weighted by Gasteiger charge is 2.16. The summed E-state index contributed by atoms with van der Waals surface area (Å²) in [6, 6.07) is 13.3. The van der Waals surface area contributed by atoms with Crippen molar-refractivity contribution in [2.24, 2.45) is 7.05 Å². The van der Waals surface area contributed by atoms with E-state index in [0.29, 0.717) is 18.0 Å². The monoisotopic (exact) mass is 464 g/mol. The highest BCUT2D eigenvalue weighted by Crippen LogP contribution is 2.34. The molecular weight excluding hydrogens is 432 g/mol. The lowest BCUT2D eigenvalue weighted by Gasteiger charge is -2.26. The summed E-state index contributed by atoms with van der Waals surface area (Å²) < 4.78 is 19.1. The highest BCUT2D eigenvalue weighted by molar-refractivity contribution is 5.93. The van der Waals surface area contributed by atoms with Crippen LogP contribution in [0.15, 0.2) is 48.7 Å². The number of anilines is 1. The molecule has 1 aromatic heterocycles. The molecule has 180 valence electrons. The molecule has 1 N–H and O–H groups in total. The van der Waals surface area contributed by atoms with Crippen LogP contribution < -0.4 is 14.8 Å². The van der Waals surface area contributed by atoms with E-state index in [1.165, 1.54) is 0 Å². The molecule has 0 unspecified atom stereocenters. The number of benzene rings is 2. The zero-order valence-electron chi connectivity index (χ0n) is 20.0. The Kier molecular flexibility index (Phi) is 7.82. The fourth-order valence-corrected chi connectivity index (χ4v) is 4.01. The molecule has 34 heavy (non-hydrogen) atoms. The molecule has 4 rings (SSSR count). The number of aromatic nitrogens is 2. The minimum absolute atomic E-state index is 0.0681. The molecule has 1 aliphatic rings. The van der Waals surface area contributed by atoms with Crippen LogP contribution in [-0.2, 0) is 16.6 Å². The summed E-state index contributed by atoms with van der Waals surface area (Å²) >= 11 is 0. The molecule has 2 aromatic carbocycles. The molecule has 8 heteroatoms. The first-order valence-electron chi connectivity index (χ1n) is 11.5. The summed E-state index contributed by atoms with van der Waals surface area (Å²) in [5.41, 5.74) is 4.63. The van der Waals surface area contributed by atoms with E-state index in [9.17, 15) is 4.79 Å². The Labute approximate surface area is 200 Å². The van der Waals surface area contributed by atoms with Crippen LogP contribution >= 0.6 is 0 Å². The highest BCUT2D eigenvalue weighted by atomic mass is 16.5. The summed E-state index contributed by atoms with van der Waals surface area (Å²) in [5.74, 6) is 1.20. The van der Waals surface area contributed by atoms with Crippen LogP contribution in [0.3, 0.4) is 0 Å². The van der Waals surface area contributed by atoms with E-state index in [4.69, 9.17) is 14.2 Å². The third-order valence-electron chi connectivity index (χ3n) is 5.77. The lowest BCUT2D eigenvalue weighted by molar-refractivity contribution is -0.118. The van der Waals surface area contributed by atoms with Gasteiger partial charge in [0.25, 0.3) is 5.91 Å². The molecule has 1 fully saturated rings. The number of morpholine rings is 1. The Balaban J connectivity index is 1.45. The van der Waals surface area contributed by atoms with Gasteiger partial charge in [0.05, 0.1) is 25.1 Å². The average molecular weight is 465 g/mol. The summed E-state index contributed by atoms with van der Waals surface area (Å²) in [7, 11) is 1.90. The number of hydrogen-bond acceptors (Lipinski definition) is 6. The van der Waals surface area contributed by atoms with Gasteiger partial charge in [0, 0.05) is 37.9 Å². The summed E-state index contributed by atoms with van der Waals surface area (Å²) in [4.78, 5) is 14.9. The van der Waals surface area contributed by atoms with Crippen LogP contribution in [0, 0.1) is 13.8 Å². The zero-order chi connectivity index (χ0) is 23.9. The second-order valence-electron chi connectivity index (χ2n) is 8.47. The standard InChI is InChI=1S/C26H32N4O4/c1-19-5-4-6-22(15-19)34-18-25(31)28-21-7-8-24(33-14-11-30-9-12-32-13-10-30)23(16-21)26-20(2)17-27-29(26)3/h4-8,15-17H,9-14,18H2,1-3H3,(H,28,31). The van der Waals surface area contributed by atoms with E-state index >= 15 is 0 Å². The fourth-order valence-electron chi connectivity index (χ4n) is 4.01. The minimum atomic E-state index is -0.227. The smallest absolute Gasteiger partial charge is 0.262 e. The topological polar surface area (TPSA) is 77.8 Å². The van der Waals surface area contributed by atoms with Gasteiger partial charge in [-0.3, -0.25) is 14.4 Å². The average Bonchev–Trinajstić information content (AvgIpc) is 3.17. The van der Waals surface area contributed by atoms with Crippen LogP contribution in [0.2, 0.25) is 0 Å². The molecule has 2 heterocycles. The third kappa shape index (κ3) is 6.15. The maximum absolute atomic E-state index is 12.5. The number of amides is 1. The molecule has 0 aliphatic carbocycles. The molecule has 3 aromatic rings. The second kappa shape index (κ2) is 11.2. The van der Waals surface area contributed by atoms with Gasteiger partial charge in [-0.05, 0) is 55.3 Å². The van der Waals surface area contributed by atoms with Gasteiger partial charge >= 0.3 is 0 Å². The number of ether oxygens (including phenoxy) is 3. The molecule has 0 saturated carbocycles. The second-order valence-corrected chi connectivity index (χ2v) is 8.47. The predicted octanol–water partition coefficient (Wildman–Crippen LogP) is 3.43. The van der Waals surface area contributed by atoms with Gasteiger partial charge in [-0.25, -0.2) is 0 Å². The van der Waals surface area contributed by atoms with Gasteiger partial charge in [0.15, 0.2) is 6.61 Å². The Bertz CT molecular complexity index is 1100. The van der Waals surface area contributed by atoms with E-state index < -0.39 is 0 Å². The summed E-state index contributed by atoms with van der Waals surface area (Å²) in [6.45, 7) is 8.71. The third-order valence-corrected chi connectivity index (χ3v) is 5.77. The summed E-state index contributed by atoms with van der Waals surface area (Å²) in [6.07, 6.45) is 1.83. The Morgan fingerprint density at radius 1 is 1.12 bits per heavy atom. The van der Waals surface area contributed by atoms with Crippen LogP contribution in [0.5, 0.6) is 11.5 Å². The molecule has 1 saturated heterocycles. The van der Waals surface area contributed by atoms with E-state index in [0.717, 1.165) is 61.0 Å². The lowest BCUT2D eigenvalue weighted by Crippen LogP contribution is -2.38. The van der Waals surface area contributed by atoms with Crippen molar-refractivity contribution in [3.8, 4) is 22.8 Å². The van der Waals surface area contributed by atoms with Crippen LogP contribution in [0.1, 0.15) is 11.1 Å². The first-order valence-corrected chi connectivity index (χ1v) is 11.5. The maximum atomic E-state index is 12.5. The molecule has 8 nitrogen and oxygen atoms in total. The van der Waals surface area contributed by atoms with Crippen molar-refractivity contribution in [2.45, 2.75) is 13.8 Å². The van der Waals surface area contributed by atoms with Gasteiger partial charge in [-0.15, -0.1) is 0 Å². The Hall–Kier alpha value is -3.36. The lowest BCUT2D eigenvalue weighted by atomic mass is 10.1. The molecular formula is C26H32N4O4. The molecule has 0 radical (unpaired) electrons. The fraction of sp³-hybridized carbons (Fsp3) is 0.385. The SMILES string of the molecule is Cc1cccc(OCC(=O)Nc2ccc(OCCN3CCOCC3)c(-c3c(C)cnn3C)c2)c1. The molecule has 1 amide bonds. The van der Waals surface area contributed by atoms with Crippen molar-refractivity contribution in [1.82, 2.24) is 14.7 Å². The van der Waals surface area contributed by atoms with Crippen LogP contribution in [0.4, 0.5) is 5.69 Å². The van der Waals surface area contributed by atoms with E-state index in [1.807, 2.05) is 74.2 Å². The van der Waals surface area contributed by atoms with Crippen LogP contribution in [0.25, 0.3) is 11.3 Å². The van der Waals surface area contributed by atoms with Crippen molar-refractivity contribution in [1.29, 1.82) is 0 Å². The van der Waals surface area contributed by atoms with Gasteiger partial charge in [0.2, 0.25) is 0 Å². The van der Waals surface area contributed by atoms with Crippen molar-refractivity contribution in [2.75, 3.05) is 51.4 Å². The molecule has 0 atom stereocenters. The van der Waals surface area contributed by atoms with Crippen molar-refractivity contribution >= 4 is 11.6 Å². The number of carbonyl (C=O) groups excluding carboxylic acids is 1. The number of nitrogens with one attached hydrogen (secondary N) is 1. The quantitative estimate of drug-likeness (QED) is 0.523. The Morgan fingerprint density at radius 2 is 1.94 bits per heavy atom. The number of hydrogen-bond donors (Lipinski definition) is 1. The predicted molar refractivity (Wildman–Crippen MR) is 131 cm³/mol. The number of aryl methyl sites for hydroxylation is 3. The van der Waals surface area contributed by atoms with E-state index in [-0.39, 0.29) is 12.5 Å².